The topological polar surface area (TPSA) is 64.0 Å². The highest BCUT2D eigenvalue weighted by molar-refractivity contribution is 5.83. The molecule has 0 aromatic carbocycles. The van der Waals surface area contributed by atoms with Gasteiger partial charge in [-0.05, 0) is 37.0 Å². The van der Waals surface area contributed by atoms with E-state index < -0.39 is 0 Å². The third-order valence-corrected chi connectivity index (χ3v) is 5.11. The van der Waals surface area contributed by atoms with Gasteiger partial charge in [0.2, 0.25) is 5.88 Å². The van der Waals surface area contributed by atoms with Gasteiger partial charge in [-0.1, -0.05) is 39.5 Å². The zero-order valence-electron chi connectivity index (χ0n) is 18.6. The van der Waals surface area contributed by atoms with Gasteiger partial charge in [0.05, 0.1) is 17.8 Å². The summed E-state index contributed by atoms with van der Waals surface area (Å²) in [7, 11) is 3.95. The van der Waals surface area contributed by atoms with Crippen LogP contribution in [0.2, 0.25) is 0 Å². The van der Waals surface area contributed by atoms with Crippen LogP contribution < -0.4 is 9.64 Å². The lowest BCUT2D eigenvalue weighted by Gasteiger charge is -2.21. The molecule has 0 amide bonds. The van der Waals surface area contributed by atoms with Crippen LogP contribution in [-0.4, -0.2) is 40.6 Å². The molecular formula is C24H33N5O. The van der Waals surface area contributed by atoms with Gasteiger partial charge in [0.1, 0.15) is 5.82 Å². The molecule has 0 aliphatic heterocycles. The van der Waals surface area contributed by atoms with E-state index in [1.165, 1.54) is 38.5 Å². The van der Waals surface area contributed by atoms with Crippen LogP contribution >= 0.6 is 0 Å². The number of anilines is 1. The highest BCUT2D eigenvalue weighted by Crippen LogP contribution is 2.29. The Balaban J connectivity index is 0.000000806. The third kappa shape index (κ3) is 5.65. The summed E-state index contributed by atoms with van der Waals surface area (Å²) in [6, 6.07) is 5.96. The molecule has 160 valence electrons. The van der Waals surface area contributed by atoms with E-state index in [-0.39, 0.29) is 0 Å². The van der Waals surface area contributed by atoms with Gasteiger partial charge in [-0.2, -0.15) is 0 Å². The molecule has 3 aromatic rings. The smallest absolute Gasteiger partial charge is 0.242 e. The molecule has 3 aromatic heterocycles. The lowest BCUT2D eigenvalue weighted by molar-refractivity contribution is 0.205. The van der Waals surface area contributed by atoms with Crippen molar-refractivity contribution in [3.8, 4) is 17.1 Å². The maximum absolute atomic E-state index is 6.14. The Morgan fingerprint density at radius 1 is 1.00 bits per heavy atom. The van der Waals surface area contributed by atoms with E-state index in [0.29, 0.717) is 18.4 Å². The summed E-state index contributed by atoms with van der Waals surface area (Å²) in [6.07, 6.45) is 12.9. The molecule has 6 nitrogen and oxygen atoms in total. The maximum Gasteiger partial charge on any atom is 0.242 e. The fourth-order valence-corrected chi connectivity index (χ4v) is 3.54. The van der Waals surface area contributed by atoms with Crippen molar-refractivity contribution >= 4 is 16.9 Å². The maximum atomic E-state index is 6.14. The normalized spacial score (nSPS) is 14.1. The first-order valence-corrected chi connectivity index (χ1v) is 11.0. The van der Waals surface area contributed by atoms with Gasteiger partial charge in [-0.3, -0.25) is 4.98 Å². The Bertz CT molecular complexity index is 921. The van der Waals surface area contributed by atoms with Crippen molar-refractivity contribution in [1.82, 2.24) is 19.9 Å². The number of hydrogen-bond acceptors (Lipinski definition) is 6. The molecule has 0 saturated heterocycles. The van der Waals surface area contributed by atoms with Crippen molar-refractivity contribution in [2.24, 2.45) is 5.92 Å². The summed E-state index contributed by atoms with van der Waals surface area (Å²) in [5.74, 6) is 2.09. The fourth-order valence-electron chi connectivity index (χ4n) is 3.54. The molecule has 0 spiro atoms. The molecule has 1 saturated carbocycles. The van der Waals surface area contributed by atoms with Crippen LogP contribution in [0.25, 0.3) is 22.3 Å². The van der Waals surface area contributed by atoms with E-state index in [4.69, 9.17) is 9.72 Å². The quantitative estimate of drug-likeness (QED) is 0.554. The van der Waals surface area contributed by atoms with Crippen molar-refractivity contribution < 1.29 is 4.74 Å². The SMILES string of the molecule is CCC.CN(C)c1ccc(-c2cc3nccnc3c(OCC3CCCCC3)n2)cn1. The lowest BCUT2D eigenvalue weighted by atomic mass is 9.90. The molecule has 0 radical (unpaired) electrons. The summed E-state index contributed by atoms with van der Waals surface area (Å²) in [6.45, 7) is 4.94. The van der Waals surface area contributed by atoms with Gasteiger partial charge in [0, 0.05) is 38.2 Å². The van der Waals surface area contributed by atoms with Crippen molar-refractivity contribution in [1.29, 1.82) is 0 Å². The highest BCUT2D eigenvalue weighted by Gasteiger charge is 2.17. The molecular weight excluding hydrogens is 374 g/mol. The summed E-state index contributed by atoms with van der Waals surface area (Å²) in [5, 5.41) is 0. The molecule has 0 unspecified atom stereocenters. The van der Waals surface area contributed by atoms with Crippen LogP contribution in [0.4, 0.5) is 5.82 Å². The Hall–Kier alpha value is -2.76. The van der Waals surface area contributed by atoms with E-state index in [2.05, 4.69) is 28.8 Å². The lowest BCUT2D eigenvalue weighted by Crippen LogP contribution is -2.16. The van der Waals surface area contributed by atoms with Gasteiger partial charge in [-0.25, -0.2) is 15.0 Å². The minimum absolute atomic E-state index is 0.567. The molecule has 30 heavy (non-hydrogen) atoms. The van der Waals surface area contributed by atoms with Crippen LogP contribution in [0.3, 0.4) is 0 Å². The van der Waals surface area contributed by atoms with Crippen LogP contribution in [0.5, 0.6) is 5.88 Å². The van der Waals surface area contributed by atoms with Crippen LogP contribution in [0, 0.1) is 5.92 Å². The predicted molar refractivity (Wildman–Crippen MR) is 123 cm³/mol. The van der Waals surface area contributed by atoms with Gasteiger partial charge in [0.15, 0.2) is 5.52 Å². The number of rotatable bonds is 5. The third-order valence-electron chi connectivity index (χ3n) is 5.11. The minimum Gasteiger partial charge on any atom is -0.476 e. The average molecular weight is 408 g/mol. The van der Waals surface area contributed by atoms with E-state index in [9.17, 15) is 0 Å². The van der Waals surface area contributed by atoms with Crippen molar-refractivity contribution in [3.05, 3.63) is 36.8 Å². The monoisotopic (exact) mass is 407 g/mol. The van der Waals surface area contributed by atoms with Crippen LogP contribution in [0.15, 0.2) is 36.8 Å². The molecule has 0 bridgehead atoms. The number of fused-ring (bicyclic) bond motifs is 1. The Labute approximate surface area is 179 Å². The number of ether oxygens (including phenoxy) is 1. The van der Waals surface area contributed by atoms with E-state index >= 15 is 0 Å². The number of aromatic nitrogens is 4. The molecule has 6 heteroatoms. The summed E-state index contributed by atoms with van der Waals surface area (Å²) < 4.78 is 6.14. The van der Waals surface area contributed by atoms with E-state index in [1.807, 2.05) is 43.4 Å². The average Bonchev–Trinajstić information content (AvgIpc) is 2.78. The van der Waals surface area contributed by atoms with Crippen LogP contribution in [0.1, 0.15) is 52.4 Å². The van der Waals surface area contributed by atoms with Gasteiger partial charge in [0.25, 0.3) is 0 Å². The van der Waals surface area contributed by atoms with Gasteiger partial charge >= 0.3 is 0 Å². The first kappa shape index (κ1) is 21.9. The number of nitrogens with zero attached hydrogens (tertiary/aromatic N) is 5. The first-order chi connectivity index (χ1) is 14.6. The van der Waals surface area contributed by atoms with Crippen molar-refractivity contribution in [2.75, 3.05) is 25.6 Å². The molecule has 0 atom stereocenters. The second-order valence-corrected chi connectivity index (χ2v) is 8.06. The summed E-state index contributed by atoms with van der Waals surface area (Å²) >= 11 is 0. The Morgan fingerprint density at radius 2 is 1.73 bits per heavy atom. The Morgan fingerprint density at radius 3 is 2.40 bits per heavy atom. The van der Waals surface area contributed by atoms with E-state index in [0.717, 1.165) is 28.1 Å². The van der Waals surface area contributed by atoms with Crippen molar-refractivity contribution in [2.45, 2.75) is 52.4 Å². The fraction of sp³-hybridized carbons (Fsp3) is 0.500. The Kier molecular flexibility index (Phi) is 7.94. The first-order valence-electron chi connectivity index (χ1n) is 11.0. The second kappa shape index (κ2) is 10.9. The zero-order valence-corrected chi connectivity index (χ0v) is 18.6. The molecule has 0 N–H and O–H groups in total. The predicted octanol–water partition coefficient (Wildman–Crippen LogP) is 5.53. The highest BCUT2D eigenvalue weighted by atomic mass is 16.5. The number of pyridine rings is 2. The second-order valence-electron chi connectivity index (χ2n) is 8.06. The molecule has 1 fully saturated rings. The van der Waals surface area contributed by atoms with E-state index in [1.54, 1.807) is 12.4 Å². The van der Waals surface area contributed by atoms with Crippen LogP contribution in [-0.2, 0) is 0 Å². The minimum atomic E-state index is 0.567. The van der Waals surface area contributed by atoms with Crippen molar-refractivity contribution in [3.63, 3.8) is 0 Å². The molecule has 3 heterocycles. The molecule has 1 aliphatic rings. The molecule has 4 rings (SSSR count). The standard InChI is InChI=1S/C21H25N5O.C3H8/c1-26(2)19-9-8-16(13-24-19)17-12-18-20(23-11-10-22-18)21(25-17)27-14-15-6-4-3-5-7-15;1-3-2/h8-13,15H,3-7,14H2,1-2H3;3H2,1-2H3. The largest absolute Gasteiger partial charge is 0.476 e. The van der Waals surface area contributed by atoms with Gasteiger partial charge in [-0.15, -0.1) is 0 Å². The summed E-state index contributed by atoms with van der Waals surface area (Å²) in [5.41, 5.74) is 3.25. The van der Waals surface area contributed by atoms with Gasteiger partial charge < -0.3 is 9.64 Å². The summed E-state index contributed by atoms with van der Waals surface area (Å²) in [4.78, 5) is 20.1. The zero-order chi connectivity index (χ0) is 21.3. The molecule has 1 aliphatic carbocycles. The number of hydrogen-bond donors (Lipinski definition) is 0.